The number of hydrogen-bond acceptors (Lipinski definition) is 4. The summed E-state index contributed by atoms with van der Waals surface area (Å²) in [6, 6.07) is 0. The van der Waals surface area contributed by atoms with Crippen LogP contribution in [0.5, 0.6) is 0 Å². The Balaban J connectivity index is 2.09. The number of guanidine groups is 1. The first-order valence-electron chi connectivity index (χ1n) is 8.87. The number of rotatable bonds is 6. The van der Waals surface area contributed by atoms with Crippen LogP contribution in [-0.2, 0) is 11.8 Å². The number of ether oxygens (including phenoxy) is 1. The molecule has 1 aliphatic rings. The number of nitrogens with zero attached hydrogens (tertiary/aromatic N) is 4. The van der Waals surface area contributed by atoms with E-state index in [2.05, 4.69) is 27.2 Å². The maximum atomic E-state index is 10.5. The molecule has 7 heteroatoms. The zero-order chi connectivity index (χ0) is 17.6. The van der Waals surface area contributed by atoms with Crippen LogP contribution in [0.3, 0.4) is 0 Å². The van der Waals surface area contributed by atoms with Gasteiger partial charge in [0, 0.05) is 31.9 Å². The van der Waals surface area contributed by atoms with Gasteiger partial charge in [0.25, 0.3) is 0 Å². The summed E-state index contributed by atoms with van der Waals surface area (Å²) in [7, 11) is 1.91. The molecule has 24 heavy (non-hydrogen) atoms. The Bertz CT molecular complexity index is 539. The number of aliphatic hydroxyl groups is 1. The third kappa shape index (κ3) is 4.70. The Hall–Kier alpha value is -1.60. The van der Waals surface area contributed by atoms with Crippen molar-refractivity contribution < 1.29 is 9.84 Å². The van der Waals surface area contributed by atoms with Gasteiger partial charge in [-0.05, 0) is 19.8 Å². The Morgan fingerprint density at radius 1 is 1.46 bits per heavy atom. The molecule has 0 aromatic carbocycles. The van der Waals surface area contributed by atoms with Crippen LogP contribution >= 0.6 is 0 Å². The first kappa shape index (κ1) is 18.7. The fourth-order valence-corrected chi connectivity index (χ4v) is 2.77. The van der Waals surface area contributed by atoms with Crippen molar-refractivity contribution in [1.82, 2.24) is 20.0 Å². The minimum Gasteiger partial charge on any atom is -0.388 e. The molecule has 0 saturated carbocycles. The number of aliphatic imine (C=N–C) groups is 1. The zero-order valence-electron chi connectivity index (χ0n) is 15.3. The molecule has 0 aliphatic carbocycles. The highest BCUT2D eigenvalue weighted by Gasteiger charge is 2.27. The molecule has 1 unspecified atom stereocenters. The van der Waals surface area contributed by atoms with Gasteiger partial charge in [-0.3, -0.25) is 9.67 Å². The van der Waals surface area contributed by atoms with Crippen LogP contribution in [0.15, 0.2) is 17.4 Å². The van der Waals surface area contributed by atoms with Gasteiger partial charge >= 0.3 is 0 Å². The predicted molar refractivity (Wildman–Crippen MR) is 95.0 cm³/mol. The highest BCUT2D eigenvalue weighted by Crippen LogP contribution is 2.22. The lowest BCUT2D eigenvalue weighted by molar-refractivity contribution is -0.00844. The van der Waals surface area contributed by atoms with Crippen LogP contribution in [0.1, 0.15) is 45.3 Å². The molecule has 136 valence electrons. The van der Waals surface area contributed by atoms with Gasteiger partial charge in [0.15, 0.2) is 5.96 Å². The summed E-state index contributed by atoms with van der Waals surface area (Å²) in [5.41, 5.74) is 0.354. The maximum Gasteiger partial charge on any atom is 0.194 e. The van der Waals surface area contributed by atoms with E-state index in [-0.39, 0.29) is 6.10 Å². The standard InChI is InChI=1S/C17H31N5O2/c1-5-17(23,6-2)13-19-16(18-7-3)22-8-9-24-15(12-22)14-10-20-21(4)11-14/h10-11,15,23H,5-9,12-13H2,1-4H3,(H,18,19). The van der Waals surface area contributed by atoms with E-state index in [9.17, 15) is 5.11 Å². The van der Waals surface area contributed by atoms with Gasteiger partial charge in [0.05, 0.1) is 31.5 Å². The molecular weight excluding hydrogens is 306 g/mol. The molecule has 1 atom stereocenters. The summed E-state index contributed by atoms with van der Waals surface area (Å²) in [6.07, 6.45) is 5.24. The van der Waals surface area contributed by atoms with Crippen molar-refractivity contribution in [3.63, 3.8) is 0 Å². The summed E-state index contributed by atoms with van der Waals surface area (Å²) in [4.78, 5) is 6.89. The Labute approximate surface area is 144 Å². The highest BCUT2D eigenvalue weighted by molar-refractivity contribution is 5.80. The molecule has 1 aromatic heterocycles. The molecule has 2 rings (SSSR count). The first-order valence-corrected chi connectivity index (χ1v) is 8.87. The zero-order valence-corrected chi connectivity index (χ0v) is 15.3. The topological polar surface area (TPSA) is 74.9 Å². The van der Waals surface area contributed by atoms with E-state index in [0.29, 0.717) is 26.0 Å². The smallest absolute Gasteiger partial charge is 0.194 e. The van der Waals surface area contributed by atoms with E-state index in [1.165, 1.54) is 0 Å². The summed E-state index contributed by atoms with van der Waals surface area (Å²) in [5, 5.41) is 18.1. The molecule has 0 spiro atoms. The van der Waals surface area contributed by atoms with Crippen LogP contribution in [0.4, 0.5) is 0 Å². The third-order valence-electron chi connectivity index (χ3n) is 4.64. The molecule has 0 bridgehead atoms. The van der Waals surface area contributed by atoms with E-state index in [1.54, 1.807) is 4.68 Å². The molecule has 2 N–H and O–H groups in total. The molecule has 1 saturated heterocycles. The van der Waals surface area contributed by atoms with Gasteiger partial charge in [-0.2, -0.15) is 5.10 Å². The van der Waals surface area contributed by atoms with Crippen LogP contribution in [-0.4, -0.2) is 64.1 Å². The first-order chi connectivity index (χ1) is 11.5. The number of hydrogen-bond donors (Lipinski definition) is 2. The molecular formula is C17H31N5O2. The molecule has 1 aromatic rings. The minimum atomic E-state index is -0.726. The fourth-order valence-electron chi connectivity index (χ4n) is 2.77. The Morgan fingerprint density at radius 3 is 2.79 bits per heavy atom. The van der Waals surface area contributed by atoms with Crippen molar-refractivity contribution in [2.24, 2.45) is 12.0 Å². The fraction of sp³-hybridized carbons (Fsp3) is 0.765. The largest absolute Gasteiger partial charge is 0.388 e. The molecule has 7 nitrogen and oxygen atoms in total. The number of aryl methyl sites for hydroxylation is 1. The lowest BCUT2D eigenvalue weighted by Crippen LogP contribution is -2.48. The summed E-state index contributed by atoms with van der Waals surface area (Å²) >= 11 is 0. The van der Waals surface area contributed by atoms with E-state index in [0.717, 1.165) is 31.2 Å². The second-order valence-corrected chi connectivity index (χ2v) is 6.35. The summed E-state index contributed by atoms with van der Waals surface area (Å²) in [5.74, 6) is 0.843. The van der Waals surface area contributed by atoms with E-state index >= 15 is 0 Å². The normalized spacial score (nSPS) is 19.6. The van der Waals surface area contributed by atoms with Crippen LogP contribution in [0.2, 0.25) is 0 Å². The van der Waals surface area contributed by atoms with Gasteiger partial charge < -0.3 is 20.1 Å². The maximum absolute atomic E-state index is 10.5. The predicted octanol–water partition coefficient (Wildman–Crippen LogP) is 1.31. The summed E-state index contributed by atoms with van der Waals surface area (Å²) in [6.45, 7) is 9.43. The molecule has 2 heterocycles. The number of morpholine rings is 1. The van der Waals surface area contributed by atoms with Gasteiger partial charge in [-0.25, -0.2) is 0 Å². The third-order valence-corrected chi connectivity index (χ3v) is 4.64. The molecule has 1 fully saturated rings. The van der Waals surface area contributed by atoms with Crippen molar-refractivity contribution in [2.45, 2.75) is 45.3 Å². The lowest BCUT2D eigenvalue weighted by Gasteiger charge is -2.35. The van der Waals surface area contributed by atoms with Gasteiger partial charge in [-0.15, -0.1) is 0 Å². The van der Waals surface area contributed by atoms with Crippen molar-refractivity contribution in [1.29, 1.82) is 0 Å². The highest BCUT2D eigenvalue weighted by atomic mass is 16.5. The Kier molecular flexibility index (Phi) is 6.62. The SMILES string of the molecule is CCNC(=NCC(O)(CC)CC)N1CCOC(c2cnn(C)c2)C1. The van der Waals surface area contributed by atoms with Crippen molar-refractivity contribution >= 4 is 5.96 Å². The van der Waals surface area contributed by atoms with Crippen molar-refractivity contribution in [3.8, 4) is 0 Å². The van der Waals surface area contributed by atoms with Crippen molar-refractivity contribution in [3.05, 3.63) is 18.0 Å². The van der Waals surface area contributed by atoms with E-state index < -0.39 is 5.60 Å². The number of aromatic nitrogens is 2. The van der Waals surface area contributed by atoms with E-state index in [4.69, 9.17) is 4.74 Å². The van der Waals surface area contributed by atoms with Crippen LogP contribution < -0.4 is 5.32 Å². The average Bonchev–Trinajstić information content (AvgIpc) is 3.05. The Morgan fingerprint density at radius 2 is 2.21 bits per heavy atom. The quantitative estimate of drug-likeness (QED) is 0.605. The summed E-state index contributed by atoms with van der Waals surface area (Å²) < 4.78 is 7.69. The van der Waals surface area contributed by atoms with Crippen molar-refractivity contribution in [2.75, 3.05) is 32.8 Å². The van der Waals surface area contributed by atoms with Crippen LogP contribution in [0, 0.1) is 0 Å². The number of nitrogens with one attached hydrogen (secondary N) is 1. The van der Waals surface area contributed by atoms with Gasteiger partial charge in [0.1, 0.15) is 6.10 Å². The minimum absolute atomic E-state index is 0.00691. The molecule has 0 radical (unpaired) electrons. The van der Waals surface area contributed by atoms with E-state index in [1.807, 2.05) is 33.3 Å². The van der Waals surface area contributed by atoms with Gasteiger partial charge in [0.2, 0.25) is 0 Å². The van der Waals surface area contributed by atoms with Gasteiger partial charge in [-0.1, -0.05) is 13.8 Å². The molecule has 0 amide bonds. The second-order valence-electron chi connectivity index (χ2n) is 6.35. The molecule has 1 aliphatic heterocycles. The monoisotopic (exact) mass is 337 g/mol. The van der Waals surface area contributed by atoms with Crippen LogP contribution in [0.25, 0.3) is 0 Å². The second kappa shape index (κ2) is 8.48. The average molecular weight is 337 g/mol. The lowest BCUT2D eigenvalue weighted by atomic mass is 9.98.